The van der Waals surface area contributed by atoms with Crippen LogP contribution in [-0.2, 0) is 9.59 Å². The molecule has 1 fully saturated rings. The Bertz CT molecular complexity index is 634. The van der Waals surface area contributed by atoms with E-state index in [9.17, 15) is 22.8 Å². The summed E-state index contributed by atoms with van der Waals surface area (Å²) >= 11 is 0. The summed E-state index contributed by atoms with van der Waals surface area (Å²) in [5.74, 6) is -1.13. The van der Waals surface area contributed by atoms with Crippen molar-refractivity contribution in [3.05, 3.63) is 18.2 Å². The van der Waals surface area contributed by atoms with Gasteiger partial charge in [-0.05, 0) is 12.1 Å². The number of amides is 2. The number of methoxy groups -OCH3 is 2. The molecule has 6 nitrogen and oxygen atoms in total. The Morgan fingerprint density at radius 3 is 2.62 bits per heavy atom. The first-order chi connectivity index (χ1) is 11.2. The Kier molecular flexibility index (Phi) is 5.20. The molecule has 132 valence electrons. The van der Waals surface area contributed by atoms with Gasteiger partial charge in [0.1, 0.15) is 18.0 Å². The van der Waals surface area contributed by atoms with Crippen LogP contribution in [0.5, 0.6) is 11.5 Å². The van der Waals surface area contributed by atoms with Crippen molar-refractivity contribution in [1.82, 2.24) is 5.32 Å². The number of anilines is 1. The van der Waals surface area contributed by atoms with E-state index in [0.29, 0.717) is 17.2 Å². The third-order valence-electron chi connectivity index (χ3n) is 3.64. The van der Waals surface area contributed by atoms with Gasteiger partial charge in [0.25, 0.3) is 0 Å². The lowest BCUT2D eigenvalue weighted by molar-refractivity contribution is -0.140. The summed E-state index contributed by atoms with van der Waals surface area (Å²) in [4.78, 5) is 25.4. The van der Waals surface area contributed by atoms with Gasteiger partial charge in [-0.1, -0.05) is 0 Å². The number of carbonyl (C=O) groups excluding carboxylic acids is 2. The van der Waals surface area contributed by atoms with E-state index in [0.717, 1.165) is 0 Å². The molecule has 2 rings (SSSR count). The highest BCUT2D eigenvalue weighted by atomic mass is 19.4. The zero-order chi connectivity index (χ0) is 17.9. The molecule has 0 aromatic heterocycles. The highest BCUT2D eigenvalue weighted by molar-refractivity contribution is 6.01. The quantitative estimate of drug-likeness (QED) is 0.882. The van der Waals surface area contributed by atoms with Crippen molar-refractivity contribution in [2.45, 2.75) is 12.6 Å². The second-order valence-corrected chi connectivity index (χ2v) is 5.28. The third kappa shape index (κ3) is 4.09. The number of hydrogen-bond donors (Lipinski definition) is 1. The normalized spacial score (nSPS) is 17.8. The van der Waals surface area contributed by atoms with Crippen LogP contribution >= 0.6 is 0 Å². The summed E-state index contributed by atoms with van der Waals surface area (Å²) in [5, 5.41) is 1.81. The van der Waals surface area contributed by atoms with E-state index >= 15 is 0 Å². The van der Waals surface area contributed by atoms with Crippen molar-refractivity contribution >= 4 is 17.5 Å². The minimum atomic E-state index is -4.49. The minimum absolute atomic E-state index is 0.0218. The van der Waals surface area contributed by atoms with Gasteiger partial charge in [-0.15, -0.1) is 0 Å². The molecule has 1 aromatic carbocycles. The molecule has 1 aliphatic heterocycles. The first-order valence-corrected chi connectivity index (χ1v) is 7.12. The second-order valence-electron chi connectivity index (χ2n) is 5.28. The number of carbonyl (C=O) groups is 2. The first-order valence-electron chi connectivity index (χ1n) is 7.12. The van der Waals surface area contributed by atoms with Gasteiger partial charge < -0.3 is 19.7 Å². The molecule has 1 heterocycles. The monoisotopic (exact) mass is 346 g/mol. The third-order valence-corrected chi connectivity index (χ3v) is 3.64. The van der Waals surface area contributed by atoms with Crippen molar-refractivity contribution in [1.29, 1.82) is 0 Å². The number of alkyl halides is 3. The van der Waals surface area contributed by atoms with Crippen LogP contribution in [0, 0.1) is 5.92 Å². The Hall–Kier alpha value is -2.45. The molecule has 24 heavy (non-hydrogen) atoms. The second kappa shape index (κ2) is 6.98. The Morgan fingerprint density at radius 2 is 2.04 bits per heavy atom. The number of hydrogen-bond acceptors (Lipinski definition) is 4. The number of ether oxygens (including phenoxy) is 2. The van der Waals surface area contributed by atoms with Gasteiger partial charge in [0.05, 0.1) is 25.8 Å². The largest absolute Gasteiger partial charge is 0.497 e. The van der Waals surface area contributed by atoms with E-state index in [1.165, 1.54) is 19.1 Å². The van der Waals surface area contributed by atoms with E-state index in [4.69, 9.17) is 9.47 Å². The minimum Gasteiger partial charge on any atom is -0.497 e. The van der Waals surface area contributed by atoms with Crippen LogP contribution in [0.3, 0.4) is 0 Å². The van der Waals surface area contributed by atoms with Crippen LogP contribution in [0.15, 0.2) is 18.2 Å². The van der Waals surface area contributed by atoms with Crippen molar-refractivity contribution < 1.29 is 32.2 Å². The average Bonchev–Trinajstić information content (AvgIpc) is 2.93. The molecule has 9 heteroatoms. The number of nitrogens with zero attached hydrogens (tertiary/aromatic N) is 1. The fourth-order valence-corrected chi connectivity index (χ4v) is 2.46. The molecule has 2 amide bonds. The zero-order valence-electron chi connectivity index (χ0n) is 13.1. The van der Waals surface area contributed by atoms with Gasteiger partial charge in [-0.25, -0.2) is 0 Å². The Labute approximate surface area is 136 Å². The summed E-state index contributed by atoms with van der Waals surface area (Å²) in [6.07, 6.45) is -4.65. The Morgan fingerprint density at radius 1 is 1.33 bits per heavy atom. The van der Waals surface area contributed by atoms with Crippen LogP contribution in [0.25, 0.3) is 0 Å². The summed E-state index contributed by atoms with van der Waals surface area (Å²) in [6, 6.07) is 4.83. The molecular weight excluding hydrogens is 329 g/mol. The molecule has 1 saturated heterocycles. The molecule has 0 spiro atoms. The van der Waals surface area contributed by atoms with E-state index < -0.39 is 24.5 Å². The summed E-state index contributed by atoms with van der Waals surface area (Å²) in [5.41, 5.74) is 0.410. The molecule has 0 radical (unpaired) electrons. The Balaban J connectivity index is 2.14. The van der Waals surface area contributed by atoms with Gasteiger partial charge in [-0.3, -0.25) is 9.59 Å². The SMILES string of the molecule is COc1ccc(OC)c(N2CC(C(=O)NCC(F)(F)F)CC2=O)c1. The van der Waals surface area contributed by atoms with Crippen LogP contribution in [0.4, 0.5) is 18.9 Å². The molecule has 1 atom stereocenters. The number of nitrogens with one attached hydrogen (secondary N) is 1. The standard InChI is InChI=1S/C15H17F3N2O4/c1-23-10-3-4-12(24-2)11(6-10)20-7-9(5-13(20)21)14(22)19-8-15(16,17)18/h3-4,6,9H,5,7-8H2,1-2H3,(H,19,22). The van der Waals surface area contributed by atoms with Crippen molar-refractivity contribution in [3.63, 3.8) is 0 Å². The number of benzene rings is 1. The van der Waals surface area contributed by atoms with Crippen molar-refractivity contribution in [2.75, 3.05) is 32.2 Å². The zero-order valence-corrected chi connectivity index (χ0v) is 13.1. The molecule has 1 aromatic rings. The number of rotatable bonds is 5. The van der Waals surface area contributed by atoms with E-state index in [2.05, 4.69) is 0 Å². The summed E-state index contributed by atoms with van der Waals surface area (Å²) in [7, 11) is 2.89. The molecule has 1 N–H and O–H groups in total. The van der Waals surface area contributed by atoms with Gasteiger partial charge in [0.2, 0.25) is 11.8 Å². The molecule has 1 aliphatic rings. The van der Waals surface area contributed by atoms with E-state index in [1.54, 1.807) is 18.2 Å². The molecule has 1 unspecified atom stereocenters. The lowest BCUT2D eigenvalue weighted by Gasteiger charge is -2.20. The highest BCUT2D eigenvalue weighted by Gasteiger charge is 2.38. The lowest BCUT2D eigenvalue weighted by Crippen LogP contribution is -2.38. The van der Waals surface area contributed by atoms with Gasteiger partial charge in [0.15, 0.2) is 0 Å². The maximum absolute atomic E-state index is 12.2. The van der Waals surface area contributed by atoms with Crippen LogP contribution in [0.1, 0.15) is 6.42 Å². The molecule has 0 saturated carbocycles. The van der Waals surface area contributed by atoms with Gasteiger partial charge in [-0.2, -0.15) is 13.2 Å². The highest BCUT2D eigenvalue weighted by Crippen LogP contribution is 2.36. The first kappa shape index (κ1) is 17.9. The van der Waals surface area contributed by atoms with Crippen LogP contribution in [0.2, 0.25) is 0 Å². The van der Waals surface area contributed by atoms with E-state index in [1.807, 2.05) is 5.32 Å². The number of halogens is 3. The molecular formula is C15H17F3N2O4. The maximum Gasteiger partial charge on any atom is 0.405 e. The lowest BCUT2D eigenvalue weighted by atomic mass is 10.1. The van der Waals surface area contributed by atoms with Crippen LogP contribution in [-0.4, -0.2) is 45.3 Å². The summed E-state index contributed by atoms with van der Waals surface area (Å²) in [6.45, 7) is -1.44. The van der Waals surface area contributed by atoms with Gasteiger partial charge >= 0.3 is 6.18 Å². The summed E-state index contributed by atoms with van der Waals surface area (Å²) < 4.78 is 46.8. The average molecular weight is 346 g/mol. The topological polar surface area (TPSA) is 67.9 Å². The van der Waals surface area contributed by atoms with Crippen LogP contribution < -0.4 is 19.7 Å². The predicted octanol–water partition coefficient (Wildman–Crippen LogP) is 1.74. The maximum atomic E-state index is 12.2. The van der Waals surface area contributed by atoms with Gasteiger partial charge in [0, 0.05) is 19.0 Å². The van der Waals surface area contributed by atoms with E-state index in [-0.39, 0.29) is 18.9 Å². The fraction of sp³-hybridized carbons (Fsp3) is 0.467. The van der Waals surface area contributed by atoms with Crippen molar-refractivity contribution in [3.8, 4) is 11.5 Å². The predicted molar refractivity (Wildman–Crippen MR) is 79.1 cm³/mol. The molecule has 0 bridgehead atoms. The fourth-order valence-electron chi connectivity index (χ4n) is 2.46. The molecule has 0 aliphatic carbocycles. The van der Waals surface area contributed by atoms with Crippen molar-refractivity contribution in [2.24, 2.45) is 5.92 Å². The smallest absolute Gasteiger partial charge is 0.405 e.